The highest BCUT2D eigenvalue weighted by Gasteiger charge is 2.26. The van der Waals surface area contributed by atoms with Crippen LogP contribution >= 0.6 is 0 Å². The van der Waals surface area contributed by atoms with Gasteiger partial charge in [-0.15, -0.1) is 0 Å². The van der Waals surface area contributed by atoms with Crippen LogP contribution in [0.15, 0.2) is 30.9 Å². The van der Waals surface area contributed by atoms with Crippen molar-refractivity contribution in [2.45, 2.75) is 64.7 Å². The second-order valence-corrected chi connectivity index (χ2v) is 6.98. The molecule has 136 valence electrons. The number of aryl methyl sites for hydroxylation is 1. The maximum absolute atomic E-state index is 12.6. The summed E-state index contributed by atoms with van der Waals surface area (Å²) in [5.41, 5.74) is 1.03. The molecule has 25 heavy (non-hydrogen) atoms. The van der Waals surface area contributed by atoms with Gasteiger partial charge in [0.05, 0.1) is 6.20 Å². The van der Waals surface area contributed by atoms with Gasteiger partial charge in [0.1, 0.15) is 0 Å². The molecule has 2 amide bonds. The zero-order valence-corrected chi connectivity index (χ0v) is 15.1. The Morgan fingerprint density at radius 1 is 1.36 bits per heavy atom. The Morgan fingerprint density at radius 2 is 2.24 bits per heavy atom. The average Bonchev–Trinajstić information content (AvgIpc) is 3.30. The molecule has 3 heterocycles. The topological polar surface area (TPSA) is 68.0 Å². The molecule has 0 bridgehead atoms. The third kappa shape index (κ3) is 4.61. The number of aromatic nitrogens is 4. The summed E-state index contributed by atoms with van der Waals surface area (Å²) in [5, 5.41) is 11.6. The third-order valence-corrected chi connectivity index (χ3v) is 4.77. The van der Waals surface area contributed by atoms with E-state index in [1.165, 1.54) is 6.42 Å². The molecular weight excluding hydrogens is 316 g/mol. The molecule has 0 aromatic carbocycles. The first-order valence-corrected chi connectivity index (χ1v) is 9.18. The molecule has 0 spiro atoms. The van der Waals surface area contributed by atoms with E-state index >= 15 is 0 Å². The van der Waals surface area contributed by atoms with Crippen molar-refractivity contribution in [3.05, 3.63) is 36.4 Å². The molecule has 0 saturated carbocycles. The van der Waals surface area contributed by atoms with E-state index in [-0.39, 0.29) is 12.1 Å². The molecule has 1 aliphatic rings. The molecule has 1 unspecified atom stereocenters. The normalized spacial score (nSPS) is 17.9. The SMILES string of the molecule is CC(C)n1cc(CNC(=O)N2CCCCC2CCn2cccn2)cn1. The van der Waals surface area contributed by atoms with E-state index in [2.05, 4.69) is 29.4 Å². The highest BCUT2D eigenvalue weighted by molar-refractivity contribution is 5.74. The van der Waals surface area contributed by atoms with Gasteiger partial charge in [-0.1, -0.05) is 0 Å². The lowest BCUT2D eigenvalue weighted by atomic mass is 10.00. The van der Waals surface area contributed by atoms with Crippen LogP contribution in [0.1, 0.15) is 51.1 Å². The van der Waals surface area contributed by atoms with E-state index in [4.69, 9.17) is 0 Å². The van der Waals surface area contributed by atoms with Crippen LogP contribution in [0.3, 0.4) is 0 Å². The lowest BCUT2D eigenvalue weighted by Gasteiger charge is -2.35. The average molecular weight is 344 g/mol. The number of hydrogen-bond donors (Lipinski definition) is 1. The number of carbonyl (C=O) groups is 1. The monoisotopic (exact) mass is 344 g/mol. The largest absolute Gasteiger partial charge is 0.334 e. The summed E-state index contributed by atoms with van der Waals surface area (Å²) in [6.45, 7) is 6.39. The first-order valence-electron chi connectivity index (χ1n) is 9.18. The molecular formula is C18H28N6O. The van der Waals surface area contributed by atoms with E-state index in [1.807, 2.05) is 38.9 Å². The van der Waals surface area contributed by atoms with Crippen molar-refractivity contribution >= 4 is 6.03 Å². The first-order chi connectivity index (χ1) is 12.1. The lowest BCUT2D eigenvalue weighted by molar-refractivity contribution is 0.143. The summed E-state index contributed by atoms with van der Waals surface area (Å²) in [6, 6.07) is 2.58. The van der Waals surface area contributed by atoms with Crippen molar-refractivity contribution in [2.24, 2.45) is 0 Å². The predicted octanol–water partition coefficient (Wildman–Crippen LogP) is 2.81. The van der Waals surface area contributed by atoms with Crippen LogP contribution in [0, 0.1) is 0 Å². The van der Waals surface area contributed by atoms with Crippen LogP contribution in [-0.4, -0.2) is 43.1 Å². The molecule has 1 N–H and O–H groups in total. The fraction of sp³-hybridized carbons (Fsp3) is 0.611. The van der Waals surface area contributed by atoms with Crippen LogP contribution in [0.2, 0.25) is 0 Å². The maximum atomic E-state index is 12.6. The van der Waals surface area contributed by atoms with Gasteiger partial charge in [0, 0.05) is 55.9 Å². The zero-order chi connectivity index (χ0) is 17.6. The van der Waals surface area contributed by atoms with Crippen LogP contribution in [0.4, 0.5) is 4.79 Å². The molecule has 0 radical (unpaired) electrons. The molecule has 7 heteroatoms. The summed E-state index contributed by atoms with van der Waals surface area (Å²) in [6.07, 6.45) is 11.9. The van der Waals surface area contributed by atoms with Gasteiger partial charge in [0.15, 0.2) is 0 Å². The molecule has 3 rings (SSSR count). The van der Waals surface area contributed by atoms with E-state index in [9.17, 15) is 4.79 Å². The summed E-state index contributed by atoms with van der Waals surface area (Å²) in [7, 11) is 0. The molecule has 1 fully saturated rings. The molecule has 1 atom stereocenters. The van der Waals surface area contributed by atoms with E-state index in [0.717, 1.165) is 37.9 Å². The Labute approximate surface area is 149 Å². The summed E-state index contributed by atoms with van der Waals surface area (Å²) >= 11 is 0. The molecule has 1 saturated heterocycles. The predicted molar refractivity (Wildman–Crippen MR) is 96.0 cm³/mol. The van der Waals surface area contributed by atoms with Gasteiger partial charge in [0.25, 0.3) is 0 Å². The number of likely N-dealkylation sites (tertiary alicyclic amines) is 1. The minimum absolute atomic E-state index is 0.0301. The fourth-order valence-electron chi connectivity index (χ4n) is 3.31. The fourth-order valence-corrected chi connectivity index (χ4v) is 3.31. The summed E-state index contributed by atoms with van der Waals surface area (Å²) < 4.78 is 3.85. The Morgan fingerprint density at radius 3 is 2.96 bits per heavy atom. The summed E-state index contributed by atoms with van der Waals surface area (Å²) in [4.78, 5) is 14.6. The van der Waals surface area contributed by atoms with E-state index in [0.29, 0.717) is 12.6 Å². The van der Waals surface area contributed by atoms with Gasteiger partial charge in [-0.3, -0.25) is 9.36 Å². The second-order valence-electron chi connectivity index (χ2n) is 6.98. The quantitative estimate of drug-likeness (QED) is 0.876. The Hall–Kier alpha value is -2.31. The lowest BCUT2D eigenvalue weighted by Crippen LogP contribution is -2.48. The Kier molecular flexibility index (Phi) is 5.73. The van der Waals surface area contributed by atoms with Crippen LogP contribution < -0.4 is 5.32 Å². The smallest absolute Gasteiger partial charge is 0.317 e. The number of nitrogens with one attached hydrogen (secondary N) is 1. The molecule has 0 aliphatic carbocycles. The van der Waals surface area contributed by atoms with Gasteiger partial charge in [-0.05, 0) is 45.6 Å². The van der Waals surface area contributed by atoms with Crippen LogP contribution in [-0.2, 0) is 13.1 Å². The number of carbonyl (C=O) groups excluding carboxylic acids is 1. The second kappa shape index (κ2) is 8.18. The van der Waals surface area contributed by atoms with Gasteiger partial charge in [-0.2, -0.15) is 10.2 Å². The number of urea groups is 1. The molecule has 2 aromatic heterocycles. The van der Waals surface area contributed by atoms with Crippen molar-refractivity contribution in [1.82, 2.24) is 29.8 Å². The highest BCUT2D eigenvalue weighted by Crippen LogP contribution is 2.20. The number of nitrogens with zero attached hydrogens (tertiary/aromatic N) is 5. The van der Waals surface area contributed by atoms with Crippen molar-refractivity contribution in [3.63, 3.8) is 0 Å². The van der Waals surface area contributed by atoms with Crippen molar-refractivity contribution in [3.8, 4) is 0 Å². The van der Waals surface area contributed by atoms with Crippen molar-refractivity contribution in [2.75, 3.05) is 6.54 Å². The molecule has 7 nitrogen and oxygen atoms in total. The number of piperidine rings is 1. The number of amides is 2. The maximum Gasteiger partial charge on any atom is 0.317 e. The molecule has 1 aliphatic heterocycles. The van der Waals surface area contributed by atoms with Gasteiger partial charge in [-0.25, -0.2) is 4.79 Å². The standard InChI is InChI=1S/C18H28N6O/c1-15(2)24-14-16(13-21-24)12-19-18(25)23-10-4-3-6-17(23)7-11-22-9-5-8-20-22/h5,8-9,13-15,17H,3-4,6-7,10-12H2,1-2H3,(H,19,25). The van der Waals surface area contributed by atoms with E-state index < -0.39 is 0 Å². The van der Waals surface area contributed by atoms with Crippen molar-refractivity contribution in [1.29, 1.82) is 0 Å². The van der Waals surface area contributed by atoms with Crippen LogP contribution in [0.5, 0.6) is 0 Å². The van der Waals surface area contributed by atoms with Gasteiger partial charge in [0.2, 0.25) is 0 Å². The van der Waals surface area contributed by atoms with Gasteiger partial charge < -0.3 is 10.2 Å². The van der Waals surface area contributed by atoms with Crippen LogP contribution in [0.25, 0.3) is 0 Å². The highest BCUT2D eigenvalue weighted by atomic mass is 16.2. The number of hydrogen-bond acceptors (Lipinski definition) is 3. The number of rotatable bonds is 6. The van der Waals surface area contributed by atoms with E-state index in [1.54, 1.807) is 6.20 Å². The minimum Gasteiger partial charge on any atom is -0.334 e. The van der Waals surface area contributed by atoms with Gasteiger partial charge >= 0.3 is 6.03 Å². The van der Waals surface area contributed by atoms with Crippen molar-refractivity contribution < 1.29 is 4.79 Å². The first kappa shape index (κ1) is 17.5. The Balaban J connectivity index is 1.52. The molecule has 2 aromatic rings. The minimum atomic E-state index is 0.0301. The Bertz CT molecular complexity index is 663. The third-order valence-electron chi connectivity index (χ3n) is 4.77. The summed E-state index contributed by atoms with van der Waals surface area (Å²) in [5.74, 6) is 0. The zero-order valence-electron chi connectivity index (χ0n) is 15.1.